The minimum Gasteiger partial charge on any atom is -0.475 e. The van der Waals surface area contributed by atoms with E-state index in [9.17, 15) is 9.00 Å². The van der Waals surface area contributed by atoms with Gasteiger partial charge in [0, 0.05) is 5.75 Å². The van der Waals surface area contributed by atoms with Gasteiger partial charge in [0.1, 0.15) is 0 Å². The smallest absolute Gasteiger partial charge is 0.371 e. The summed E-state index contributed by atoms with van der Waals surface area (Å²) in [4.78, 5) is 10.6. The summed E-state index contributed by atoms with van der Waals surface area (Å²) in [5.74, 6) is -0.861. The highest BCUT2D eigenvalue weighted by Gasteiger charge is 2.13. The van der Waals surface area contributed by atoms with Crippen molar-refractivity contribution in [1.29, 1.82) is 0 Å². The van der Waals surface area contributed by atoms with E-state index in [-0.39, 0.29) is 10.9 Å². The molecule has 2 aromatic rings. The van der Waals surface area contributed by atoms with Gasteiger partial charge in [-0.3, -0.25) is 4.21 Å². The fraction of sp³-hybridized carbons (Fsp3) is 0.214. The van der Waals surface area contributed by atoms with Gasteiger partial charge in [-0.05, 0) is 30.5 Å². The first kappa shape index (κ1) is 13.5. The summed E-state index contributed by atoms with van der Waals surface area (Å²) in [6.45, 7) is 0. The molecule has 0 aliphatic heterocycles. The molecule has 4 nitrogen and oxygen atoms in total. The molecule has 1 N–H and O–H groups in total. The molecule has 1 aromatic heterocycles. The Balaban J connectivity index is 1.85. The van der Waals surface area contributed by atoms with E-state index < -0.39 is 16.8 Å². The van der Waals surface area contributed by atoms with Gasteiger partial charge in [-0.1, -0.05) is 30.3 Å². The summed E-state index contributed by atoms with van der Waals surface area (Å²) < 4.78 is 16.9. The molecule has 19 heavy (non-hydrogen) atoms. The van der Waals surface area contributed by atoms with Crippen molar-refractivity contribution in [3.63, 3.8) is 0 Å². The summed E-state index contributed by atoms with van der Waals surface area (Å²) in [6, 6.07) is 12.7. The Morgan fingerprint density at radius 3 is 2.53 bits per heavy atom. The van der Waals surface area contributed by atoms with Gasteiger partial charge < -0.3 is 9.52 Å². The van der Waals surface area contributed by atoms with Crippen LogP contribution in [0.1, 0.15) is 22.5 Å². The van der Waals surface area contributed by atoms with E-state index >= 15 is 0 Å². The highest BCUT2D eigenvalue weighted by atomic mass is 32.2. The van der Waals surface area contributed by atoms with Crippen LogP contribution in [0.2, 0.25) is 0 Å². The SMILES string of the molecule is O=C(O)c1ccc(S(=O)CCCc2ccccc2)o1. The summed E-state index contributed by atoms with van der Waals surface area (Å²) in [6.07, 6.45) is 1.61. The maximum Gasteiger partial charge on any atom is 0.371 e. The van der Waals surface area contributed by atoms with Gasteiger partial charge in [-0.25, -0.2) is 4.79 Å². The Morgan fingerprint density at radius 2 is 1.89 bits per heavy atom. The second-order valence-corrected chi connectivity index (χ2v) is 5.56. The molecule has 1 unspecified atom stereocenters. The molecule has 1 aromatic carbocycles. The van der Waals surface area contributed by atoms with Crippen molar-refractivity contribution in [2.24, 2.45) is 0 Å². The van der Waals surface area contributed by atoms with Crippen molar-refractivity contribution in [1.82, 2.24) is 0 Å². The fourth-order valence-corrected chi connectivity index (χ4v) is 2.72. The predicted molar refractivity (Wildman–Crippen MR) is 71.7 cm³/mol. The number of furan rings is 1. The van der Waals surface area contributed by atoms with Crippen LogP contribution in [0.15, 0.2) is 52.0 Å². The summed E-state index contributed by atoms with van der Waals surface area (Å²) in [5.41, 5.74) is 1.20. The van der Waals surface area contributed by atoms with Gasteiger partial charge in [-0.2, -0.15) is 0 Å². The Hall–Kier alpha value is -1.88. The average molecular weight is 278 g/mol. The highest BCUT2D eigenvalue weighted by Crippen LogP contribution is 2.14. The first-order valence-corrected chi connectivity index (χ1v) is 7.24. The first-order chi connectivity index (χ1) is 9.16. The number of carbonyl (C=O) groups is 1. The van der Waals surface area contributed by atoms with Gasteiger partial charge in [0.25, 0.3) is 0 Å². The zero-order chi connectivity index (χ0) is 13.7. The molecule has 1 atom stereocenters. The molecule has 0 aliphatic rings. The lowest BCUT2D eigenvalue weighted by Gasteiger charge is -2.00. The van der Waals surface area contributed by atoms with E-state index in [1.165, 1.54) is 17.7 Å². The topological polar surface area (TPSA) is 67.5 Å². The summed E-state index contributed by atoms with van der Waals surface area (Å²) in [7, 11) is -1.28. The predicted octanol–water partition coefficient (Wildman–Crippen LogP) is 2.72. The maximum absolute atomic E-state index is 11.9. The first-order valence-electron chi connectivity index (χ1n) is 5.92. The normalized spacial score (nSPS) is 12.2. The monoisotopic (exact) mass is 278 g/mol. The Kier molecular flexibility index (Phi) is 4.52. The summed E-state index contributed by atoms with van der Waals surface area (Å²) in [5, 5.41) is 8.94. The molecular formula is C14H14O4S. The maximum atomic E-state index is 11.9. The van der Waals surface area contributed by atoms with Gasteiger partial charge in [0.2, 0.25) is 5.76 Å². The Bertz CT molecular complexity index is 574. The van der Waals surface area contributed by atoms with Gasteiger partial charge in [0.05, 0.1) is 10.8 Å². The number of hydrogen-bond donors (Lipinski definition) is 1. The molecule has 5 heteroatoms. The molecule has 2 rings (SSSR count). The van der Waals surface area contributed by atoms with Crippen LogP contribution in [0.25, 0.3) is 0 Å². The van der Waals surface area contributed by atoms with E-state index in [4.69, 9.17) is 9.52 Å². The number of aryl methyl sites for hydroxylation is 1. The van der Waals surface area contributed by atoms with Crippen molar-refractivity contribution >= 4 is 16.8 Å². The molecule has 1 heterocycles. The van der Waals surface area contributed by atoms with Crippen LogP contribution in [-0.4, -0.2) is 21.0 Å². The zero-order valence-corrected chi connectivity index (χ0v) is 11.1. The molecule has 0 saturated carbocycles. The third-order valence-electron chi connectivity index (χ3n) is 2.65. The average Bonchev–Trinajstić information content (AvgIpc) is 2.89. The van der Waals surface area contributed by atoms with Crippen LogP contribution < -0.4 is 0 Å². The molecule has 100 valence electrons. The standard InChI is InChI=1S/C14H14O4S/c15-14(16)12-8-9-13(18-12)19(17)10-4-7-11-5-2-1-3-6-11/h1-3,5-6,8-9H,4,7,10H2,(H,15,16). The zero-order valence-electron chi connectivity index (χ0n) is 10.2. The molecule has 0 radical (unpaired) electrons. The highest BCUT2D eigenvalue weighted by molar-refractivity contribution is 7.84. The number of benzene rings is 1. The van der Waals surface area contributed by atoms with E-state index in [0.717, 1.165) is 12.8 Å². The molecule has 0 aliphatic carbocycles. The van der Waals surface area contributed by atoms with Crippen LogP contribution in [0.3, 0.4) is 0 Å². The molecule has 0 spiro atoms. The van der Waals surface area contributed by atoms with Crippen molar-refractivity contribution < 1.29 is 18.5 Å². The number of rotatable bonds is 6. The largest absolute Gasteiger partial charge is 0.475 e. The third-order valence-corrected chi connectivity index (χ3v) is 3.98. The fourth-order valence-electron chi connectivity index (χ4n) is 1.71. The van der Waals surface area contributed by atoms with E-state index in [1.54, 1.807) is 0 Å². The van der Waals surface area contributed by atoms with E-state index in [2.05, 4.69) is 0 Å². The summed E-state index contributed by atoms with van der Waals surface area (Å²) >= 11 is 0. The second kappa shape index (κ2) is 6.33. The van der Waals surface area contributed by atoms with Crippen LogP contribution in [-0.2, 0) is 17.2 Å². The Labute approximate surface area is 113 Å². The minimum atomic E-state index is -1.28. The van der Waals surface area contributed by atoms with Crippen LogP contribution >= 0.6 is 0 Å². The van der Waals surface area contributed by atoms with Gasteiger partial charge in [-0.15, -0.1) is 0 Å². The van der Waals surface area contributed by atoms with Crippen molar-refractivity contribution in [2.75, 3.05) is 5.75 Å². The molecule has 0 bridgehead atoms. The van der Waals surface area contributed by atoms with Crippen LogP contribution in [0.5, 0.6) is 0 Å². The molecule has 0 saturated heterocycles. The second-order valence-electron chi connectivity index (χ2n) is 4.06. The van der Waals surface area contributed by atoms with E-state index in [1.807, 2.05) is 30.3 Å². The quantitative estimate of drug-likeness (QED) is 0.882. The molecular weight excluding hydrogens is 264 g/mol. The molecule has 0 amide bonds. The number of carboxylic acid groups (broad SMARTS) is 1. The lowest BCUT2D eigenvalue weighted by atomic mass is 10.1. The van der Waals surface area contributed by atoms with Gasteiger partial charge in [0.15, 0.2) is 5.09 Å². The third kappa shape index (κ3) is 3.79. The van der Waals surface area contributed by atoms with E-state index in [0.29, 0.717) is 5.75 Å². The van der Waals surface area contributed by atoms with Crippen molar-refractivity contribution in [3.8, 4) is 0 Å². The van der Waals surface area contributed by atoms with Crippen molar-refractivity contribution in [2.45, 2.75) is 17.9 Å². The van der Waals surface area contributed by atoms with Crippen LogP contribution in [0, 0.1) is 0 Å². The number of hydrogen-bond acceptors (Lipinski definition) is 3. The lowest BCUT2D eigenvalue weighted by Crippen LogP contribution is -1.99. The lowest BCUT2D eigenvalue weighted by molar-refractivity contribution is 0.0656. The van der Waals surface area contributed by atoms with Gasteiger partial charge >= 0.3 is 5.97 Å². The van der Waals surface area contributed by atoms with Crippen LogP contribution in [0.4, 0.5) is 0 Å². The Morgan fingerprint density at radius 1 is 1.16 bits per heavy atom. The number of aromatic carboxylic acids is 1. The van der Waals surface area contributed by atoms with Crippen molar-refractivity contribution in [3.05, 3.63) is 53.8 Å². The minimum absolute atomic E-state index is 0.175. The number of carboxylic acids is 1. The molecule has 0 fully saturated rings.